The lowest BCUT2D eigenvalue weighted by Crippen LogP contribution is -2.51. The van der Waals surface area contributed by atoms with Crippen LogP contribution in [0.4, 0.5) is 0 Å². The van der Waals surface area contributed by atoms with Crippen LogP contribution in [0.5, 0.6) is 0 Å². The Morgan fingerprint density at radius 2 is 1.59 bits per heavy atom. The number of amides is 2. The predicted octanol–water partition coefficient (Wildman–Crippen LogP) is 3.65. The van der Waals surface area contributed by atoms with Crippen LogP contribution in [0.25, 0.3) is 0 Å². The van der Waals surface area contributed by atoms with E-state index in [9.17, 15) is 9.59 Å². The molecule has 6 nitrogen and oxygen atoms in total. The molecule has 1 aromatic heterocycles. The molecule has 1 aliphatic heterocycles. The number of nitrogens with zero attached hydrogens (tertiary/aromatic N) is 2. The number of hydrogen-bond acceptors (Lipinski definition) is 5. The highest BCUT2D eigenvalue weighted by atomic mass is 32.2. The molecular weight excluding hydrogens is 422 g/mol. The van der Waals surface area contributed by atoms with E-state index < -0.39 is 0 Å². The maximum Gasteiger partial charge on any atom is 0.289 e. The number of piperazine rings is 1. The van der Waals surface area contributed by atoms with Gasteiger partial charge in [0.2, 0.25) is 5.91 Å². The average molecular weight is 450 g/mol. The van der Waals surface area contributed by atoms with Crippen LogP contribution < -0.4 is 5.32 Å². The van der Waals surface area contributed by atoms with E-state index >= 15 is 0 Å². The Balaban J connectivity index is 1.23. The highest BCUT2D eigenvalue weighted by Gasteiger charge is 2.26. The molecule has 1 N–H and O–H groups in total. The van der Waals surface area contributed by atoms with Gasteiger partial charge in [-0.15, -0.1) is 11.8 Å². The minimum absolute atomic E-state index is 0.000104. The normalized spacial score (nSPS) is 14.3. The van der Waals surface area contributed by atoms with Crippen molar-refractivity contribution in [3.05, 3.63) is 89.9 Å². The maximum absolute atomic E-state index is 13.0. The summed E-state index contributed by atoms with van der Waals surface area (Å²) >= 11 is 1.68. The molecular formula is C25H27N3O3S. The summed E-state index contributed by atoms with van der Waals surface area (Å²) < 4.78 is 5.55. The van der Waals surface area contributed by atoms with E-state index in [1.54, 1.807) is 18.0 Å². The highest BCUT2D eigenvalue weighted by Crippen LogP contribution is 2.25. The van der Waals surface area contributed by atoms with E-state index in [1.165, 1.54) is 0 Å². The molecule has 2 heterocycles. The van der Waals surface area contributed by atoms with Gasteiger partial charge in [0.25, 0.3) is 5.91 Å². The molecule has 2 amide bonds. The SMILES string of the molecule is O=C(CN1CCN(C(=O)c2occc2CSc2ccccc2)CC1)NCc1ccccc1. The first kappa shape index (κ1) is 22.2. The Kier molecular flexibility index (Phi) is 7.64. The van der Waals surface area contributed by atoms with E-state index in [1.807, 2.05) is 59.5 Å². The molecule has 1 saturated heterocycles. The van der Waals surface area contributed by atoms with Crippen molar-refractivity contribution < 1.29 is 14.0 Å². The Bertz CT molecular complexity index is 1020. The van der Waals surface area contributed by atoms with Gasteiger partial charge in [0, 0.05) is 48.9 Å². The lowest BCUT2D eigenvalue weighted by atomic mass is 10.2. The Morgan fingerprint density at radius 3 is 2.31 bits per heavy atom. The zero-order chi connectivity index (χ0) is 22.2. The van der Waals surface area contributed by atoms with Gasteiger partial charge in [-0.05, 0) is 23.8 Å². The summed E-state index contributed by atoms with van der Waals surface area (Å²) in [5, 5.41) is 2.96. The van der Waals surface area contributed by atoms with Crippen LogP contribution >= 0.6 is 11.8 Å². The second kappa shape index (κ2) is 11.0. The van der Waals surface area contributed by atoms with E-state index in [4.69, 9.17) is 4.42 Å². The van der Waals surface area contributed by atoms with E-state index in [0.717, 1.165) is 16.0 Å². The zero-order valence-electron chi connectivity index (χ0n) is 17.9. The minimum Gasteiger partial charge on any atom is -0.459 e. The first-order chi connectivity index (χ1) is 15.7. The fourth-order valence-corrected chi connectivity index (χ4v) is 4.52. The summed E-state index contributed by atoms with van der Waals surface area (Å²) in [5.74, 6) is 1.03. The molecule has 166 valence electrons. The van der Waals surface area contributed by atoms with Crippen LogP contribution in [0.1, 0.15) is 21.7 Å². The first-order valence-corrected chi connectivity index (χ1v) is 11.7. The van der Waals surface area contributed by atoms with Gasteiger partial charge in [-0.1, -0.05) is 48.5 Å². The Morgan fingerprint density at radius 1 is 0.906 bits per heavy atom. The van der Waals surface area contributed by atoms with Crippen LogP contribution in [-0.4, -0.2) is 54.3 Å². The number of furan rings is 1. The van der Waals surface area contributed by atoms with Crippen molar-refractivity contribution in [3.63, 3.8) is 0 Å². The fraction of sp³-hybridized carbons (Fsp3) is 0.280. The van der Waals surface area contributed by atoms with Crippen LogP contribution in [0.15, 0.2) is 82.3 Å². The molecule has 0 unspecified atom stereocenters. The lowest BCUT2D eigenvalue weighted by molar-refractivity contribution is -0.122. The number of nitrogens with one attached hydrogen (secondary N) is 1. The van der Waals surface area contributed by atoms with Crippen LogP contribution in [0, 0.1) is 0 Å². The van der Waals surface area contributed by atoms with Crippen molar-refractivity contribution in [2.45, 2.75) is 17.2 Å². The van der Waals surface area contributed by atoms with Gasteiger partial charge in [0.05, 0.1) is 12.8 Å². The summed E-state index contributed by atoms with van der Waals surface area (Å²) in [5.41, 5.74) is 1.99. The molecule has 4 rings (SSSR count). The predicted molar refractivity (Wildman–Crippen MR) is 125 cm³/mol. The molecule has 1 aliphatic rings. The number of rotatable bonds is 8. The van der Waals surface area contributed by atoms with Gasteiger partial charge in [-0.25, -0.2) is 0 Å². The fourth-order valence-electron chi connectivity index (χ4n) is 3.62. The molecule has 0 bridgehead atoms. The summed E-state index contributed by atoms with van der Waals surface area (Å²) in [6.07, 6.45) is 1.58. The summed E-state index contributed by atoms with van der Waals surface area (Å²) in [7, 11) is 0. The van der Waals surface area contributed by atoms with Crippen molar-refractivity contribution >= 4 is 23.6 Å². The Hall–Kier alpha value is -3.03. The second-order valence-corrected chi connectivity index (χ2v) is 8.76. The molecule has 1 fully saturated rings. The lowest BCUT2D eigenvalue weighted by Gasteiger charge is -2.34. The van der Waals surface area contributed by atoms with E-state index in [2.05, 4.69) is 22.3 Å². The molecule has 2 aromatic carbocycles. The molecule has 0 spiro atoms. The molecule has 0 aliphatic carbocycles. The van der Waals surface area contributed by atoms with Crippen LogP contribution in [0.2, 0.25) is 0 Å². The monoisotopic (exact) mass is 449 g/mol. The number of thioether (sulfide) groups is 1. The molecule has 0 atom stereocenters. The summed E-state index contributed by atoms with van der Waals surface area (Å²) in [6.45, 7) is 3.36. The van der Waals surface area contributed by atoms with Crippen molar-refractivity contribution in [1.82, 2.24) is 15.1 Å². The van der Waals surface area contributed by atoms with Gasteiger partial charge in [-0.3, -0.25) is 14.5 Å². The molecule has 32 heavy (non-hydrogen) atoms. The molecule has 3 aromatic rings. The third kappa shape index (κ3) is 6.02. The highest BCUT2D eigenvalue weighted by molar-refractivity contribution is 7.98. The average Bonchev–Trinajstić information content (AvgIpc) is 3.31. The third-order valence-electron chi connectivity index (χ3n) is 5.44. The van der Waals surface area contributed by atoms with Gasteiger partial charge < -0.3 is 14.6 Å². The van der Waals surface area contributed by atoms with Crippen molar-refractivity contribution in [3.8, 4) is 0 Å². The number of benzene rings is 2. The van der Waals surface area contributed by atoms with Crippen LogP contribution in [0.3, 0.4) is 0 Å². The third-order valence-corrected chi connectivity index (χ3v) is 6.50. The Labute approximate surface area is 192 Å². The topological polar surface area (TPSA) is 65.8 Å². The smallest absolute Gasteiger partial charge is 0.289 e. The maximum atomic E-state index is 13.0. The van der Waals surface area contributed by atoms with Crippen LogP contribution in [-0.2, 0) is 17.1 Å². The van der Waals surface area contributed by atoms with Crippen molar-refractivity contribution in [2.24, 2.45) is 0 Å². The zero-order valence-corrected chi connectivity index (χ0v) is 18.7. The molecule has 0 radical (unpaired) electrons. The second-order valence-electron chi connectivity index (χ2n) is 7.71. The largest absolute Gasteiger partial charge is 0.459 e. The van der Waals surface area contributed by atoms with Crippen molar-refractivity contribution in [1.29, 1.82) is 0 Å². The number of hydrogen-bond donors (Lipinski definition) is 1. The number of carbonyl (C=O) groups excluding carboxylic acids is 2. The standard InChI is InChI=1S/C25H27N3O3S/c29-23(26-17-20-7-3-1-4-8-20)18-27-12-14-28(15-13-27)25(30)24-21(11-16-31-24)19-32-22-9-5-2-6-10-22/h1-11,16H,12-15,17-19H2,(H,26,29). The molecule has 7 heteroatoms. The summed E-state index contributed by atoms with van der Waals surface area (Å²) in [6, 6.07) is 21.8. The van der Waals surface area contributed by atoms with Gasteiger partial charge >= 0.3 is 0 Å². The first-order valence-electron chi connectivity index (χ1n) is 10.8. The number of carbonyl (C=O) groups is 2. The molecule has 0 saturated carbocycles. The van der Waals surface area contributed by atoms with Gasteiger partial charge in [0.15, 0.2) is 5.76 Å². The minimum atomic E-state index is -0.0770. The van der Waals surface area contributed by atoms with Gasteiger partial charge in [-0.2, -0.15) is 0 Å². The summed E-state index contributed by atoms with van der Waals surface area (Å²) in [4.78, 5) is 30.3. The van der Waals surface area contributed by atoms with E-state index in [0.29, 0.717) is 50.8 Å². The van der Waals surface area contributed by atoms with Gasteiger partial charge in [0.1, 0.15) is 0 Å². The van der Waals surface area contributed by atoms with E-state index in [-0.39, 0.29) is 11.8 Å². The quantitative estimate of drug-likeness (QED) is 0.532. The van der Waals surface area contributed by atoms with Crippen molar-refractivity contribution in [2.75, 3.05) is 32.7 Å².